The molecule has 1 aliphatic heterocycles. The molecule has 37 heavy (non-hydrogen) atoms. The second-order valence-corrected chi connectivity index (χ2v) is 9.03. The fourth-order valence-corrected chi connectivity index (χ4v) is 4.63. The third kappa shape index (κ3) is 6.07. The van der Waals surface area contributed by atoms with E-state index in [0.717, 1.165) is 16.5 Å². The summed E-state index contributed by atoms with van der Waals surface area (Å²) in [6.07, 6.45) is -7.98. The van der Waals surface area contributed by atoms with Crippen molar-refractivity contribution in [3.05, 3.63) is 70.9 Å². The molecule has 198 valence electrons. The van der Waals surface area contributed by atoms with Crippen LogP contribution in [0, 0.1) is 0 Å². The molecule has 1 unspecified atom stereocenters. The number of fused-ring (bicyclic) bond motifs is 1. The lowest BCUT2D eigenvalue weighted by Crippen LogP contribution is -2.56. The molecule has 2 amide bonds. The maximum Gasteiger partial charge on any atom is 0.416 e. The fraction of sp³-hybridized carbons (Fsp3) is 0.360. The summed E-state index contributed by atoms with van der Waals surface area (Å²) >= 11 is 0. The molecule has 1 atom stereocenters. The number of hydrogen-bond donors (Lipinski definition) is 2. The third-order valence-corrected chi connectivity index (χ3v) is 6.47. The number of alkyl halides is 6. The minimum absolute atomic E-state index is 0.00196. The van der Waals surface area contributed by atoms with Gasteiger partial charge in [0.1, 0.15) is 0 Å². The maximum atomic E-state index is 13.4. The number of H-pyrrole nitrogens is 1. The Hall–Kier alpha value is -3.54. The van der Waals surface area contributed by atoms with E-state index in [-0.39, 0.29) is 32.1 Å². The Balaban J connectivity index is 1.68. The zero-order valence-corrected chi connectivity index (χ0v) is 19.5. The van der Waals surface area contributed by atoms with E-state index in [9.17, 15) is 35.9 Å². The summed E-state index contributed by atoms with van der Waals surface area (Å²) in [6, 6.07) is 7.77. The summed E-state index contributed by atoms with van der Waals surface area (Å²) in [5.74, 6) is -1.42. The second-order valence-electron chi connectivity index (χ2n) is 9.03. The van der Waals surface area contributed by atoms with Gasteiger partial charge in [-0.3, -0.25) is 14.5 Å². The first kappa shape index (κ1) is 26.5. The number of aromatic amines is 1. The van der Waals surface area contributed by atoms with E-state index in [0.29, 0.717) is 25.1 Å². The van der Waals surface area contributed by atoms with Crippen molar-refractivity contribution in [2.24, 2.45) is 5.73 Å². The number of rotatable bonds is 6. The SMILES string of the molecule is NC(=O)CCN1CCN(C(=O)c2cc(C(F)(F)F)cc(C(F)(F)F)c2)C(Cc2c[nH]c3ccccc23)C1. The molecule has 2 heterocycles. The topological polar surface area (TPSA) is 82.4 Å². The van der Waals surface area contributed by atoms with Crippen LogP contribution in [0.25, 0.3) is 10.9 Å². The predicted molar refractivity (Wildman–Crippen MR) is 124 cm³/mol. The Morgan fingerprint density at radius 1 is 0.973 bits per heavy atom. The number of primary amides is 1. The summed E-state index contributed by atoms with van der Waals surface area (Å²) in [5.41, 5.74) is 3.17. The number of para-hydroxylation sites is 1. The van der Waals surface area contributed by atoms with Gasteiger partial charge in [0, 0.05) is 61.3 Å². The lowest BCUT2D eigenvalue weighted by atomic mass is 9.98. The van der Waals surface area contributed by atoms with Crippen LogP contribution in [0.1, 0.15) is 33.5 Å². The lowest BCUT2D eigenvalue weighted by Gasteiger charge is -2.41. The number of hydrogen-bond acceptors (Lipinski definition) is 3. The van der Waals surface area contributed by atoms with Crippen molar-refractivity contribution < 1.29 is 35.9 Å². The highest BCUT2D eigenvalue weighted by Gasteiger charge is 2.39. The van der Waals surface area contributed by atoms with Gasteiger partial charge in [0.2, 0.25) is 5.91 Å². The number of benzene rings is 2. The molecule has 1 aromatic heterocycles. The molecular formula is C25H24F6N4O2. The number of nitrogens with zero attached hydrogens (tertiary/aromatic N) is 2. The second kappa shape index (κ2) is 10.1. The number of carbonyl (C=O) groups excluding carboxylic acids is 2. The van der Waals surface area contributed by atoms with E-state index < -0.39 is 46.9 Å². The molecule has 0 saturated carbocycles. The smallest absolute Gasteiger partial charge is 0.370 e. The van der Waals surface area contributed by atoms with Crippen molar-refractivity contribution in [2.45, 2.75) is 31.2 Å². The van der Waals surface area contributed by atoms with Crippen LogP contribution < -0.4 is 5.73 Å². The van der Waals surface area contributed by atoms with Crippen LogP contribution in [0.3, 0.4) is 0 Å². The van der Waals surface area contributed by atoms with Crippen LogP contribution in [0.4, 0.5) is 26.3 Å². The van der Waals surface area contributed by atoms with Gasteiger partial charge in [-0.2, -0.15) is 26.3 Å². The molecule has 0 radical (unpaired) electrons. The van der Waals surface area contributed by atoms with E-state index in [4.69, 9.17) is 5.73 Å². The van der Waals surface area contributed by atoms with Crippen molar-refractivity contribution in [3.63, 3.8) is 0 Å². The normalized spacial score (nSPS) is 17.4. The first-order chi connectivity index (χ1) is 17.3. The Kier molecular flexibility index (Phi) is 7.22. The number of nitrogens with two attached hydrogens (primary N) is 1. The van der Waals surface area contributed by atoms with Crippen LogP contribution in [-0.4, -0.2) is 58.8 Å². The number of carbonyl (C=O) groups is 2. The monoisotopic (exact) mass is 526 g/mol. The van der Waals surface area contributed by atoms with Crippen molar-refractivity contribution >= 4 is 22.7 Å². The average Bonchev–Trinajstić information content (AvgIpc) is 3.24. The quantitative estimate of drug-likeness (QED) is 0.466. The lowest BCUT2D eigenvalue weighted by molar-refractivity contribution is -0.143. The molecule has 4 rings (SSSR count). The van der Waals surface area contributed by atoms with Gasteiger partial charge in [-0.25, -0.2) is 0 Å². The Bertz CT molecular complexity index is 1270. The van der Waals surface area contributed by atoms with Gasteiger partial charge < -0.3 is 15.6 Å². The van der Waals surface area contributed by atoms with Gasteiger partial charge >= 0.3 is 12.4 Å². The minimum Gasteiger partial charge on any atom is -0.370 e. The van der Waals surface area contributed by atoms with Crippen molar-refractivity contribution in [2.75, 3.05) is 26.2 Å². The Morgan fingerprint density at radius 3 is 2.24 bits per heavy atom. The van der Waals surface area contributed by atoms with E-state index in [1.54, 1.807) is 6.20 Å². The van der Waals surface area contributed by atoms with Crippen molar-refractivity contribution in [1.82, 2.24) is 14.8 Å². The molecule has 0 spiro atoms. The Morgan fingerprint density at radius 2 is 1.62 bits per heavy atom. The summed E-state index contributed by atoms with van der Waals surface area (Å²) in [4.78, 5) is 31.0. The van der Waals surface area contributed by atoms with Gasteiger partial charge in [-0.05, 0) is 36.2 Å². The molecule has 2 aromatic carbocycles. The molecule has 3 N–H and O–H groups in total. The summed E-state index contributed by atoms with van der Waals surface area (Å²) in [6.45, 7) is 0.934. The van der Waals surface area contributed by atoms with Crippen LogP contribution in [0.15, 0.2) is 48.7 Å². The Labute approximate surface area is 208 Å². The molecule has 1 saturated heterocycles. The first-order valence-corrected chi connectivity index (χ1v) is 11.5. The first-order valence-electron chi connectivity index (χ1n) is 11.5. The minimum atomic E-state index is -5.06. The van der Waals surface area contributed by atoms with Crippen molar-refractivity contribution in [3.8, 4) is 0 Å². The van der Waals surface area contributed by atoms with Gasteiger partial charge in [0.25, 0.3) is 5.91 Å². The number of piperazine rings is 1. The van der Waals surface area contributed by atoms with Gasteiger partial charge in [0.05, 0.1) is 11.1 Å². The number of halogens is 6. The van der Waals surface area contributed by atoms with Gasteiger partial charge in [-0.15, -0.1) is 0 Å². The highest BCUT2D eigenvalue weighted by molar-refractivity contribution is 5.95. The third-order valence-electron chi connectivity index (χ3n) is 6.47. The summed E-state index contributed by atoms with van der Waals surface area (Å²) in [7, 11) is 0. The van der Waals surface area contributed by atoms with Crippen LogP contribution in [0.5, 0.6) is 0 Å². The highest BCUT2D eigenvalue weighted by atomic mass is 19.4. The predicted octanol–water partition coefficient (Wildman–Crippen LogP) is 4.45. The molecule has 0 bridgehead atoms. The molecule has 6 nitrogen and oxygen atoms in total. The molecule has 1 fully saturated rings. The molecule has 3 aromatic rings. The number of amides is 2. The summed E-state index contributed by atoms with van der Waals surface area (Å²) < 4.78 is 80.3. The van der Waals surface area contributed by atoms with Gasteiger partial charge in [0.15, 0.2) is 0 Å². The zero-order valence-electron chi connectivity index (χ0n) is 19.5. The average molecular weight is 526 g/mol. The summed E-state index contributed by atoms with van der Waals surface area (Å²) in [5, 5.41) is 0.891. The van der Waals surface area contributed by atoms with Crippen LogP contribution >= 0.6 is 0 Å². The number of aromatic nitrogens is 1. The van der Waals surface area contributed by atoms with E-state index in [2.05, 4.69) is 4.98 Å². The maximum absolute atomic E-state index is 13.4. The van der Waals surface area contributed by atoms with Crippen LogP contribution in [0.2, 0.25) is 0 Å². The standard InChI is InChI=1S/C25H24F6N4O2/c26-24(27,28)17-9-15(10-18(12-17)25(29,30)31)23(37)35-8-7-34(6-5-22(32)36)14-19(35)11-16-13-33-21-4-2-1-3-20(16)21/h1-4,9-10,12-13,19,33H,5-8,11,14H2,(H2,32,36). The van der Waals surface area contributed by atoms with Gasteiger partial charge in [-0.1, -0.05) is 18.2 Å². The fourth-order valence-electron chi connectivity index (χ4n) is 4.63. The molecule has 12 heteroatoms. The van der Waals surface area contributed by atoms with E-state index >= 15 is 0 Å². The largest absolute Gasteiger partial charge is 0.416 e. The van der Waals surface area contributed by atoms with E-state index in [1.807, 2.05) is 29.2 Å². The molecular weight excluding hydrogens is 502 g/mol. The number of nitrogens with one attached hydrogen (secondary N) is 1. The molecule has 1 aliphatic rings. The molecule has 0 aliphatic carbocycles. The van der Waals surface area contributed by atoms with Crippen LogP contribution in [-0.2, 0) is 23.6 Å². The van der Waals surface area contributed by atoms with Crippen molar-refractivity contribution in [1.29, 1.82) is 0 Å². The zero-order chi connectivity index (χ0) is 27.0. The van der Waals surface area contributed by atoms with E-state index in [1.165, 1.54) is 4.90 Å². The highest BCUT2D eigenvalue weighted by Crippen LogP contribution is 2.37.